The molecule has 7 heteroatoms. The van der Waals surface area contributed by atoms with Gasteiger partial charge in [0.25, 0.3) is 0 Å². The Hall–Kier alpha value is -1.60. The second-order valence-corrected chi connectivity index (χ2v) is 7.03. The van der Waals surface area contributed by atoms with Crippen LogP contribution in [-0.4, -0.2) is 35.0 Å². The molecular formula is C15H17N3O2S2. The van der Waals surface area contributed by atoms with Gasteiger partial charge in [-0.1, -0.05) is 29.2 Å². The van der Waals surface area contributed by atoms with Crippen molar-refractivity contribution in [1.82, 2.24) is 15.5 Å². The molecule has 2 aromatic rings. The Kier molecular flexibility index (Phi) is 5.29. The number of ether oxygens (including phenoxy) is 1. The van der Waals surface area contributed by atoms with E-state index in [9.17, 15) is 4.79 Å². The van der Waals surface area contributed by atoms with Crippen LogP contribution in [0.4, 0.5) is 0 Å². The summed E-state index contributed by atoms with van der Waals surface area (Å²) in [5.41, 5.74) is 4.49. The molecule has 0 unspecified atom stereocenters. The number of nitrogens with one attached hydrogen (secondary N) is 1. The van der Waals surface area contributed by atoms with Crippen molar-refractivity contribution >= 4 is 29.0 Å². The molecule has 1 aromatic heterocycles. The lowest BCUT2D eigenvalue weighted by atomic mass is 10.1. The van der Waals surface area contributed by atoms with E-state index in [1.807, 2.05) is 6.07 Å². The molecule has 1 aliphatic carbocycles. The van der Waals surface area contributed by atoms with E-state index >= 15 is 0 Å². The number of hydrogen-bond acceptors (Lipinski definition) is 6. The Morgan fingerprint density at radius 2 is 2.27 bits per heavy atom. The molecule has 1 N–H and O–H groups in total. The van der Waals surface area contributed by atoms with E-state index in [1.54, 1.807) is 5.51 Å². The first-order chi connectivity index (χ1) is 10.8. The molecule has 5 nitrogen and oxygen atoms in total. The van der Waals surface area contributed by atoms with Gasteiger partial charge in [-0.05, 0) is 42.5 Å². The number of carbonyl (C=O) groups is 1. The first kappa shape index (κ1) is 15.3. The highest BCUT2D eigenvalue weighted by Crippen LogP contribution is 2.25. The second-order valence-electron chi connectivity index (χ2n) is 4.98. The fourth-order valence-electron chi connectivity index (χ4n) is 2.40. The molecule has 116 valence electrons. The summed E-state index contributed by atoms with van der Waals surface area (Å²) >= 11 is 2.83. The maximum absolute atomic E-state index is 11.7. The third kappa shape index (κ3) is 4.20. The molecule has 1 aliphatic rings. The van der Waals surface area contributed by atoms with Gasteiger partial charge in [0, 0.05) is 0 Å². The van der Waals surface area contributed by atoms with E-state index in [0.29, 0.717) is 18.9 Å². The van der Waals surface area contributed by atoms with Crippen LogP contribution in [0.3, 0.4) is 0 Å². The van der Waals surface area contributed by atoms with E-state index < -0.39 is 0 Å². The van der Waals surface area contributed by atoms with Crippen LogP contribution >= 0.6 is 23.1 Å². The molecule has 0 atom stereocenters. The van der Waals surface area contributed by atoms with Crippen LogP contribution in [0.15, 0.2) is 28.0 Å². The SMILES string of the molecule is O=C(CSc1nncs1)NCCOc1ccc2c(c1)CCC2. The Morgan fingerprint density at radius 3 is 3.14 bits per heavy atom. The topological polar surface area (TPSA) is 64.1 Å². The number of nitrogens with zero attached hydrogens (tertiary/aromatic N) is 2. The number of carbonyl (C=O) groups excluding carboxylic acids is 1. The van der Waals surface area contributed by atoms with Crippen molar-refractivity contribution in [3.8, 4) is 5.75 Å². The number of amides is 1. The van der Waals surface area contributed by atoms with Crippen molar-refractivity contribution in [1.29, 1.82) is 0 Å². The highest BCUT2D eigenvalue weighted by atomic mass is 32.2. The number of aryl methyl sites for hydroxylation is 2. The Balaban J connectivity index is 1.34. The van der Waals surface area contributed by atoms with Crippen LogP contribution in [0.1, 0.15) is 17.5 Å². The summed E-state index contributed by atoms with van der Waals surface area (Å²) in [6.07, 6.45) is 3.56. The average molecular weight is 335 g/mol. The molecule has 1 amide bonds. The molecule has 0 fully saturated rings. The maximum atomic E-state index is 11.7. The van der Waals surface area contributed by atoms with Gasteiger partial charge < -0.3 is 10.1 Å². The quantitative estimate of drug-likeness (QED) is 0.621. The zero-order chi connectivity index (χ0) is 15.2. The molecule has 0 spiro atoms. The first-order valence-electron chi connectivity index (χ1n) is 7.21. The Bertz CT molecular complexity index is 632. The molecule has 22 heavy (non-hydrogen) atoms. The summed E-state index contributed by atoms with van der Waals surface area (Å²) in [5.74, 6) is 1.23. The van der Waals surface area contributed by atoms with Crippen LogP contribution in [0.5, 0.6) is 5.75 Å². The predicted molar refractivity (Wildman–Crippen MR) is 87.6 cm³/mol. The summed E-state index contributed by atoms with van der Waals surface area (Å²) in [5, 5.41) is 10.4. The normalized spacial score (nSPS) is 12.9. The van der Waals surface area contributed by atoms with Crippen LogP contribution in [-0.2, 0) is 17.6 Å². The zero-order valence-corrected chi connectivity index (χ0v) is 13.7. The Morgan fingerprint density at radius 1 is 1.36 bits per heavy atom. The highest BCUT2D eigenvalue weighted by Gasteiger charge is 2.11. The predicted octanol–water partition coefficient (Wildman–Crippen LogP) is 2.31. The number of benzene rings is 1. The number of rotatable bonds is 7. The number of fused-ring (bicyclic) bond motifs is 1. The fourth-order valence-corrected chi connectivity index (χ4v) is 3.72. The van der Waals surface area contributed by atoms with Crippen LogP contribution in [0.25, 0.3) is 0 Å². The summed E-state index contributed by atoms with van der Waals surface area (Å²) in [6, 6.07) is 6.28. The largest absolute Gasteiger partial charge is 0.492 e. The van der Waals surface area contributed by atoms with Crippen molar-refractivity contribution in [2.75, 3.05) is 18.9 Å². The van der Waals surface area contributed by atoms with Crippen molar-refractivity contribution in [2.24, 2.45) is 0 Å². The van der Waals surface area contributed by atoms with Gasteiger partial charge in [-0.25, -0.2) is 0 Å². The van der Waals surface area contributed by atoms with Gasteiger partial charge in [0.2, 0.25) is 5.91 Å². The van der Waals surface area contributed by atoms with Gasteiger partial charge in [0.1, 0.15) is 17.9 Å². The highest BCUT2D eigenvalue weighted by molar-refractivity contribution is 8.01. The number of thioether (sulfide) groups is 1. The van der Waals surface area contributed by atoms with Gasteiger partial charge in [-0.2, -0.15) is 0 Å². The molecule has 0 bridgehead atoms. The molecule has 1 aromatic carbocycles. The summed E-state index contributed by atoms with van der Waals surface area (Å²) in [6.45, 7) is 0.987. The lowest BCUT2D eigenvalue weighted by Crippen LogP contribution is -2.29. The van der Waals surface area contributed by atoms with E-state index in [0.717, 1.165) is 16.5 Å². The summed E-state index contributed by atoms with van der Waals surface area (Å²) in [7, 11) is 0. The van der Waals surface area contributed by atoms with Crippen molar-refractivity contribution in [3.63, 3.8) is 0 Å². The van der Waals surface area contributed by atoms with Crippen molar-refractivity contribution in [2.45, 2.75) is 23.6 Å². The summed E-state index contributed by atoms with van der Waals surface area (Å²) < 4.78 is 6.50. The Labute approximate surface area is 137 Å². The van der Waals surface area contributed by atoms with Gasteiger partial charge in [-0.3, -0.25) is 4.79 Å². The van der Waals surface area contributed by atoms with Gasteiger partial charge in [-0.15, -0.1) is 10.2 Å². The fraction of sp³-hybridized carbons (Fsp3) is 0.400. The summed E-state index contributed by atoms with van der Waals surface area (Å²) in [4.78, 5) is 11.7. The number of aromatic nitrogens is 2. The average Bonchev–Trinajstić information content (AvgIpc) is 3.20. The van der Waals surface area contributed by atoms with Gasteiger partial charge in [0.15, 0.2) is 4.34 Å². The molecule has 0 radical (unpaired) electrons. The van der Waals surface area contributed by atoms with E-state index in [1.165, 1.54) is 47.1 Å². The maximum Gasteiger partial charge on any atom is 0.230 e. The van der Waals surface area contributed by atoms with Crippen LogP contribution in [0.2, 0.25) is 0 Å². The first-order valence-corrected chi connectivity index (χ1v) is 9.08. The molecule has 0 aliphatic heterocycles. The minimum Gasteiger partial charge on any atom is -0.492 e. The minimum absolute atomic E-state index is 0.0160. The standard InChI is InChI=1S/C15H17N3O2S2/c19-14(9-21-15-18-17-10-22-15)16-6-7-20-13-5-4-11-2-1-3-12(11)8-13/h4-5,8,10H,1-3,6-7,9H2,(H,16,19). The lowest BCUT2D eigenvalue weighted by Gasteiger charge is -2.09. The zero-order valence-electron chi connectivity index (χ0n) is 12.1. The second kappa shape index (κ2) is 7.60. The number of hydrogen-bond donors (Lipinski definition) is 1. The van der Waals surface area contributed by atoms with Crippen molar-refractivity contribution < 1.29 is 9.53 Å². The van der Waals surface area contributed by atoms with Gasteiger partial charge in [0.05, 0.1) is 12.3 Å². The monoisotopic (exact) mass is 335 g/mol. The molecular weight excluding hydrogens is 318 g/mol. The molecule has 0 saturated heterocycles. The molecule has 0 saturated carbocycles. The molecule has 1 heterocycles. The minimum atomic E-state index is -0.0160. The smallest absolute Gasteiger partial charge is 0.230 e. The lowest BCUT2D eigenvalue weighted by molar-refractivity contribution is -0.118. The van der Waals surface area contributed by atoms with E-state index in [-0.39, 0.29) is 5.91 Å². The van der Waals surface area contributed by atoms with Crippen LogP contribution in [0, 0.1) is 0 Å². The van der Waals surface area contributed by atoms with Crippen LogP contribution < -0.4 is 10.1 Å². The van der Waals surface area contributed by atoms with E-state index in [2.05, 4.69) is 27.6 Å². The molecule has 3 rings (SSSR count). The van der Waals surface area contributed by atoms with Crippen molar-refractivity contribution in [3.05, 3.63) is 34.8 Å². The third-order valence-electron chi connectivity index (χ3n) is 3.43. The third-order valence-corrected chi connectivity index (χ3v) is 5.29. The van der Waals surface area contributed by atoms with E-state index in [4.69, 9.17) is 4.74 Å². The van der Waals surface area contributed by atoms with Gasteiger partial charge >= 0.3 is 0 Å².